The van der Waals surface area contributed by atoms with Crippen LogP contribution in [-0.2, 0) is 22.6 Å². The summed E-state index contributed by atoms with van der Waals surface area (Å²) in [4.78, 5) is 43.6. The van der Waals surface area contributed by atoms with Crippen LogP contribution in [0.15, 0.2) is 60.9 Å². The molecule has 16 heteroatoms. The highest BCUT2D eigenvalue weighted by atomic mass is 16.6. The maximum atomic E-state index is 11.7. The van der Waals surface area contributed by atoms with Crippen LogP contribution >= 0.6 is 0 Å². The number of nitro groups is 2. The van der Waals surface area contributed by atoms with Crippen molar-refractivity contribution in [2.45, 2.75) is 13.1 Å². The number of carbonyl (C=O) groups excluding carboxylic acids is 2. The first-order valence-corrected chi connectivity index (χ1v) is 11.7. The molecule has 4 aromatic rings. The largest absolute Gasteiger partial charge is 0.464 e. The van der Waals surface area contributed by atoms with Gasteiger partial charge in [0, 0.05) is 0 Å². The lowest BCUT2D eigenvalue weighted by Gasteiger charge is -2.05. The summed E-state index contributed by atoms with van der Waals surface area (Å²) in [6.45, 7) is 0.396. The lowest BCUT2D eigenvalue weighted by molar-refractivity contribution is -0.385. The number of esters is 2. The molecule has 0 spiro atoms. The second-order valence-corrected chi connectivity index (χ2v) is 8.21. The van der Waals surface area contributed by atoms with Crippen LogP contribution in [0.3, 0.4) is 0 Å². The van der Waals surface area contributed by atoms with Crippen LogP contribution in [0.5, 0.6) is 0 Å². The highest BCUT2D eigenvalue weighted by Crippen LogP contribution is 2.20. The van der Waals surface area contributed by atoms with Gasteiger partial charge >= 0.3 is 23.3 Å². The smallest absolute Gasteiger partial charge is 0.365 e. The van der Waals surface area contributed by atoms with E-state index in [-0.39, 0.29) is 24.5 Å². The fourth-order valence-electron chi connectivity index (χ4n) is 3.53. The second kappa shape index (κ2) is 13.6. The molecule has 2 heterocycles. The van der Waals surface area contributed by atoms with Crippen LogP contribution in [0, 0.1) is 42.9 Å². The van der Waals surface area contributed by atoms with E-state index in [1.807, 2.05) is 12.1 Å². The van der Waals surface area contributed by atoms with Gasteiger partial charge in [0.2, 0.25) is 11.4 Å². The third-order valence-electron chi connectivity index (χ3n) is 5.56. The zero-order valence-corrected chi connectivity index (χ0v) is 22.0. The molecule has 2 aromatic carbocycles. The molecule has 0 saturated carbocycles. The Morgan fingerprint density at radius 1 is 0.833 bits per heavy atom. The van der Waals surface area contributed by atoms with Crippen LogP contribution < -0.4 is 0 Å². The minimum Gasteiger partial charge on any atom is -0.464 e. The number of rotatable bonds is 8. The Labute approximate surface area is 236 Å². The highest BCUT2D eigenvalue weighted by molar-refractivity contribution is 5.92. The van der Waals surface area contributed by atoms with Crippen molar-refractivity contribution in [2.24, 2.45) is 0 Å². The fourth-order valence-corrected chi connectivity index (χ4v) is 3.53. The number of nitrogens with zero attached hydrogens (tertiary/aromatic N) is 8. The predicted molar refractivity (Wildman–Crippen MR) is 141 cm³/mol. The van der Waals surface area contributed by atoms with E-state index < -0.39 is 33.2 Å². The Balaban J connectivity index is 0.000000230. The number of aromatic nitrogens is 4. The van der Waals surface area contributed by atoms with Gasteiger partial charge in [-0.1, -0.05) is 24.3 Å². The number of methoxy groups -OCH3 is 2. The zero-order valence-electron chi connectivity index (χ0n) is 22.0. The van der Waals surface area contributed by atoms with E-state index in [4.69, 9.17) is 10.5 Å². The number of carbonyl (C=O) groups is 2. The van der Waals surface area contributed by atoms with Crippen molar-refractivity contribution in [1.29, 1.82) is 10.5 Å². The quantitative estimate of drug-likeness (QED) is 0.169. The third-order valence-corrected chi connectivity index (χ3v) is 5.56. The summed E-state index contributed by atoms with van der Waals surface area (Å²) in [6, 6.07) is 17.3. The molecule has 0 radical (unpaired) electrons. The molecule has 16 nitrogen and oxygen atoms in total. The van der Waals surface area contributed by atoms with Crippen molar-refractivity contribution < 1.29 is 28.9 Å². The molecule has 0 saturated heterocycles. The summed E-state index contributed by atoms with van der Waals surface area (Å²) in [6.07, 6.45) is 2.18. The van der Waals surface area contributed by atoms with E-state index in [0.29, 0.717) is 11.1 Å². The van der Waals surface area contributed by atoms with Gasteiger partial charge in [-0.15, -0.1) is 0 Å². The molecule has 4 rings (SSSR count). The van der Waals surface area contributed by atoms with Crippen LogP contribution in [-0.4, -0.2) is 55.6 Å². The first-order valence-electron chi connectivity index (χ1n) is 11.7. The molecule has 0 N–H and O–H groups in total. The van der Waals surface area contributed by atoms with Crippen LogP contribution in [0.1, 0.15) is 43.2 Å². The predicted octanol–water partition coefficient (Wildman–Crippen LogP) is 3.00. The second-order valence-electron chi connectivity index (χ2n) is 8.21. The summed E-state index contributed by atoms with van der Waals surface area (Å²) in [5, 5.41) is 47.0. The molecule has 212 valence electrons. The minimum atomic E-state index is -0.861. The molecule has 0 bridgehead atoms. The summed E-state index contributed by atoms with van der Waals surface area (Å²) < 4.78 is 11.5. The lowest BCUT2D eigenvalue weighted by Crippen LogP contribution is -2.14. The van der Waals surface area contributed by atoms with E-state index in [1.54, 1.807) is 48.5 Å². The average Bonchev–Trinajstić information content (AvgIpc) is 3.62. The van der Waals surface area contributed by atoms with Crippen LogP contribution in [0.4, 0.5) is 11.4 Å². The average molecular weight is 572 g/mol. The van der Waals surface area contributed by atoms with E-state index >= 15 is 0 Å². The fraction of sp³-hybridized carbons (Fsp3) is 0.154. The van der Waals surface area contributed by atoms with Gasteiger partial charge in [-0.25, -0.2) is 14.3 Å². The van der Waals surface area contributed by atoms with Gasteiger partial charge in [-0.2, -0.15) is 20.7 Å². The van der Waals surface area contributed by atoms with Gasteiger partial charge in [0.1, 0.15) is 12.4 Å². The normalized spacial score (nSPS) is 9.90. The standard InChI is InChI=1S/2C13H10N4O4/c1-21-13(18)12-11(17(19)20)7-15-16(12)8-10-4-2-9(6-14)3-5-10;1-21-13(18)12-11(17(19)20)8-16(15-12)7-10-4-2-9(6-14)3-5-10/h2-5,7H,8H2,1H3;2-5,8H,7H2,1H3. The Morgan fingerprint density at radius 2 is 1.33 bits per heavy atom. The SMILES string of the molecule is COC(=O)c1c([N+](=O)[O-])cnn1Cc1ccc(C#N)cc1.COC(=O)c1nn(Cc2ccc(C#N)cc2)cc1[N+](=O)[O-]. The molecule has 0 aliphatic rings. The van der Waals surface area contributed by atoms with Gasteiger partial charge in [0.15, 0.2) is 0 Å². The molecule has 2 aromatic heterocycles. The van der Waals surface area contributed by atoms with E-state index in [2.05, 4.69) is 19.7 Å². The van der Waals surface area contributed by atoms with Gasteiger partial charge < -0.3 is 9.47 Å². The van der Waals surface area contributed by atoms with Crippen molar-refractivity contribution in [2.75, 3.05) is 14.2 Å². The van der Waals surface area contributed by atoms with Crippen LogP contribution in [0.25, 0.3) is 0 Å². The number of nitriles is 2. The Hall–Kier alpha value is -6.42. The van der Waals surface area contributed by atoms with Gasteiger partial charge in [-0.05, 0) is 35.4 Å². The van der Waals surface area contributed by atoms with Crippen molar-refractivity contribution in [3.05, 3.63) is 115 Å². The topological polar surface area (TPSA) is 222 Å². The van der Waals surface area contributed by atoms with Gasteiger partial charge in [0.25, 0.3) is 0 Å². The number of ether oxygens (including phenoxy) is 2. The summed E-state index contributed by atoms with van der Waals surface area (Å²) >= 11 is 0. The van der Waals surface area contributed by atoms with Crippen molar-refractivity contribution in [3.8, 4) is 12.1 Å². The number of hydrogen-bond donors (Lipinski definition) is 0. The summed E-state index contributed by atoms with van der Waals surface area (Å²) in [5.41, 5.74) is 1.19. The molecule has 0 amide bonds. The molecular weight excluding hydrogens is 552 g/mol. The van der Waals surface area contributed by atoms with E-state index in [0.717, 1.165) is 31.5 Å². The molecule has 0 aliphatic carbocycles. The van der Waals surface area contributed by atoms with Crippen molar-refractivity contribution >= 4 is 23.3 Å². The Bertz CT molecular complexity index is 1700. The zero-order chi connectivity index (χ0) is 30.8. The van der Waals surface area contributed by atoms with Gasteiger partial charge in [0.05, 0.1) is 60.4 Å². The highest BCUT2D eigenvalue weighted by Gasteiger charge is 2.28. The Kier molecular flexibility index (Phi) is 9.74. The monoisotopic (exact) mass is 572 g/mol. The number of hydrogen-bond acceptors (Lipinski definition) is 12. The molecule has 0 fully saturated rings. The third kappa shape index (κ3) is 7.16. The van der Waals surface area contributed by atoms with Crippen molar-refractivity contribution in [3.63, 3.8) is 0 Å². The van der Waals surface area contributed by atoms with Crippen molar-refractivity contribution in [1.82, 2.24) is 19.6 Å². The number of benzene rings is 2. The molecule has 0 atom stereocenters. The molecule has 42 heavy (non-hydrogen) atoms. The molecule has 0 aliphatic heterocycles. The van der Waals surface area contributed by atoms with Gasteiger partial charge in [-0.3, -0.25) is 24.9 Å². The first kappa shape index (κ1) is 30.1. The first-order chi connectivity index (χ1) is 20.1. The maximum absolute atomic E-state index is 11.7. The van der Waals surface area contributed by atoms with Crippen LogP contribution in [0.2, 0.25) is 0 Å². The van der Waals surface area contributed by atoms with E-state index in [1.165, 1.54) is 15.6 Å². The van der Waals surface area contributed by atoms with E-state index in [9.17, 15) is 29.8 Å². The molecule has 0 unspecified atom stereocenters. The molecular formula is C26H20N8O8. The Morgan fingerprint density at radius 3 is 1.79 bits per heavy atom. The maximum Gasteiger partial charge on any atom is 0.365 e. The summed E-state index contributed by atoms with van der Waals surface area (Å²) in [7, 11) is 2.27. The lowest BCUT2D eigenvalue weighted by atomic mass is 10.1. The minimum absolute atomic E-state index is 0.157. The summed E-state index contributed by atoms with van der Waals surface area (Å²) in [5.74, 6) is -1.69.